The van der Waals surface area contributed by atoms with Crippen molar-refractivity contribution in [2.45, 2.75) is 44.7 Å². The lowest BCUT2D eigenvalue weighted by Gasteiger charge is -2.15. The van der Waals surface area contributed by atoms with Gasteiger partial charge in [0.05, 0.1) is 12.2 Å². The van der Waals surface area contributed by atoms with Crippen molar-refractivity contribution in [1.82, 2.24) is 24.6 Å². The minimum Gasteiger partial charge on any atom is -0.493 e. The van der Waals surface area contributed by atoms with Gasteiger partial charge in [0, 0.05) is 11.3 Å². The van der Waals surface area contributed by atoms with Gasteiger partial charge in [-0.15, -0.1) is 0 Å². The number of anilines is 1. The first-order valence-corrected chi connectivity index (χ1v) is 9.68. The van der Waals surface area contributed by atoms with Gasteiger partial charge in [-0.3, -0.25) is 9.98 Å². The highest BCUT2D eigenvalue weighted by atomic mass is 16.3. The van der Waals surface area contributed by atoms with Crippen molar-refractivity contribution in [3.8, 4) is 11.9 Å². The van der Waals surface area contributed by atoms with E-state index in [4.69, 9.17) is 4.99 Å². The second-order valence-corrected chi connectivity index (χ2v) is 7.72. The Hall–Kier alpha value is -3.61. The van der Waals surface area contributed by atoms with E-state index in [1.54, 1.807) is 16.8 Å². The number of H-pyrrole nitrogens is 2. The molecule has 2 aliphatic rings. The van der Waals surface area contributed by atoms with Crippen LogP contribution in [0.15, 0.2) is 16.0 Å². The number of hydrogen-bond donors (Lipinski definition) is 4. The minimum absolute atomic E-state index is 0.197. The minimum atomic E-state index is -0.505. The molecule has 2 aliphatic carbocycles. The predicted octanol–water partition coefficient (Wildman–Crippen LogP) is 0.144. The highest BCUT2D eigenvalue weighted by molar-refractivity contribution is 5.61. The van der Waals surface area contributed by atoms with Gasteiger partial charge >= 0.3 is 5.69 Å². The van der Waals surface area contributed by atoms with Gasteiger partial charge in [-0.1, -0.05) is 0 Å². The van der Waals surface area contributed by atoms with Crippen LogP contribution in [-0.2, 0) is 0 Å². The summed E-state index contributed by atoms with van der Waals surface area (Å²) < 4.78 is 1.55. The van der Waals surface area contributed by atoms with E-state index in [0.717, 1.165) is 12.8 Å². The fraction of sp³-hybridized carbons (Fsp3) is 0.421. The number of nitrogens with one attached hydrogen (secondary N) is 3. The highest BCUT2D eigenvalue weighted by Gasteiger charge is 2.29. The first-order valence-electron chi connectivity index (χ1n) is 9.68. The molecule has 3 aromatic rings. The summed E-state index contributed by atoms with van der Waals surface area (Å²) in [6.07, 6.45) is 7.49. The molecule has 1 atom stereocenters. The molecule has 2 saturated carbocycles. The third-order valence-electron chi connectivity index (χ3n) is 5.34. The number of fused-ring (bicyclic) bond motifs is 1. The van der Waals surface area contributed by atoms with Crippen LogP contribution < -0.4 is 21.7 Å². The third kappa shape index (κ3) is 3.24. The number of aromatic amines is 2. The molecule has 0 unspecified atom stereocenters. The Morgan fingerprint density at radius 1 is 1.41 bits per heavy atom. The van der Waals surface area contributed by atoms with Gasteiger partial charge in [0.2, 0.25) is 5.88 Å². The molecule has 29 heavy (non-hydrogen) atoms. The van der Waals surface area contributed by atoms with Crippen molar-refractivity contribution >= 4 is 17.5 Å². The Balaban J connectivity index is 1.74. The zero-order valence-electron chi connectivity index (χ0n) is 15.8. The average molecular weight is 392 g/mol. The number of aromatic nitrogens is 5. The summed E-state index contributed by atoms with van der Waals surface area (Å²) in [5.74, 6) is 0.813. The zero-order valence-corrected chi connectivity index (χ0v) is 15.8. The maximum atomic E-state index is 11.4. The fourth-order valence-electron chi connectivity index (χ4n) is 3.38. The number of nitrogens with zero attached hydrogens (tertiary/aromatic N) is 5. The molecule has 4 N–H and O–H groups in total. The van der Waals surface area contributed by atoms with Crippen LogP contribution in [0, 0.1) is 17.2 Å². The van der Waals surface area contributed by atoms with Gasteiger partial charge in [-0.2, -0.15) is 14.9 Å². The SMILES string of the molecule is C[C@H](Nc1nc2/c(=C/c3[nH]c(=O)[nH]c3O)cnn2c(=NC2CC2)c1C#N)C1CC1. The lowest BCUT2D eigenvalue weighted by atomic mass is 10.2. The molecule has 0 aliphatic heterocycles. The molecule has 3 heterocycles. The van der Waals surface area contributed by atoms with Crippen molar-refractivity contribution in [2.75, 3.05) is 5.32 Å². The maximum absolute atomic E-state index is 11.4. The average Bonchev–Trinajstić information content (AvgIpc) is 3.60. The van der Waals surface area contributed by atoms with Crippen LogP contribution in [0.4, 0.5) is 5.82 Å². The Morgan fingerprint density at radius 3 is 2.83 bits per heavy atom. The van der Waals surface area contributed by atoms with Crippen molar-refractivity contribution in [3.05, 3.63) is 38.6 Å². The van der Waals surface area contributed by atoms with E-state index in [0.29, 0.717) is 33.7 Å². The molecule has 5 rings (SSSR count). The fourth-order valence-corrected chi connectivity index (χ4v) is 3.38. The van der Waals surface area contributed by atoms with Gasteiger partial charge in [0.25, 0.3) is 0 Å². The van der Waals surface area contributed by atoms with E-state index in [2.05, 4.69) is 38.4 Å². The lowest BCUT2D eigenvalue weighted by Crippen LogP contribution is -2.27. The van der Waals surface area contributed by atoms with E-state index in [9.17, 15) is 15.2 Å². The van der Waals surface area contributed by atoms with E-state index < -0.39 is 5.69 Å². The molecule has 0 aromatic carbocycles. The summed E-state index contributed by atoms with van der Waals surface area (Å²) in [4.78, 5) is 25.6. The Bertz CT molecular complexity index is 1320. The van der Waals surface area contributed by atoms with Crippen LogP contribution in [0.2, 0.25) is 0 Å². The largest absolute Gasteiger partial charge is 0.493 e. The van der Waals surface area contributed by atoms with Gasteiger partial charge in [0.1, 0.15) is 17.3 Å². The Morgan fingerprint density at radius 2 is 2.21 bits per heavy atom. The van der Waals surface area contributed by atoms with Crippen LogP contribution >= 0.6 is 0 Å². The standard InChI is InChI=1S/C19H20N8O2/c1-9(10-2-3-10)22-15-13(7-20)17(23-12-4-5-12)27-16(25-15)11(8-21-27)6-14-18(28)26-19(29)24-14/h6,8-10,12,22,28H,2-5H2,1H3,(H2,24,26,29)/b11-6+,23-17?/t9-/m0/s1. The molecule has 0 radical (unpaired) electrons. The van der Waals surface area contributed by atoms with Gasteiger partial charge in [-0.25, -0.2) is 9.78 Å². The number of hydrogen-bond acceptors (Lipinski definition) is 7. The smallest absolute Gasteiger partial charge is 0.326 e. The maximum Gasteiger partial charge on any atom is 0.326 e. The second-order valence-electron chi connectivity index (χ2n) is 7.72. The normalized spacial score (nSPS) is 18.9. The van der Waals surface area contributed by atoms with Crippen molar-refractivity contribution < 1.29 is 5.11 Å². The highest BCUT2D eigenvalue weighted by Crippen LogP contribution is 2.34. The Labute approximate surface area is 164 Å². The van der Waals surface area contributed by atoms with E-state index in [1.165, 1.54) is 12.8 Å². The first kappa shape index (κ1) is 17.5. The molecule has 10 nitrogen and oxygen atoms in total. The predicted molar refractivity (Wildman–Crippen MR) is 104 cm³/mol. The third-order valence-corrected chi connectivity index (χ3v) is 5.34. The van der Waals surface area contributed by atoms with E-state index in [-0.39, 0.29) is 23.7 Å². The number of imidazole rings is 1. The van der Waals surface area contributed by atoms with Gasteiger partial charge < -0.3 is 15.4 Å². The summed E-state index contributed by atoms with van der Waals surface area (Å²) in [6, 6.07) is 2.64. The van der Waals surface area contributed by atoms with Crippen LogP contribution in [0.5, 0.6) is 5.88 Å². The van der Waals surface area contributed by atoms with Crippen LogP contribution in [0.1, 0.15) is 43.9 Å². The second kappa shape index (κ2) is 6.48. The number of rotatable bonds is 5. The molecule has 0 amide bonds. The molecular weight excluding hydrogens is 372 g/mol. The number of nitriles is 1. The van der Waals surface area contributed by atoms with Crippen LogP contribution in [0.25, 0.3) is 11.7 Å². The van der Waals surface area contributed by atoms with Crippen molar-refractivity contribution in [1.29, 1.82) is 5.26 Å². The van der Waals surface area contributed by atoms with E-state index in [1.807, 2.05) is 0 Å². The van der Waals surface area contributed by atoms with Gasteiger partial charge in [-0.05, 0) is 44.6 Å². The Kier molecular flexibility index (Phi) is 3.91. The first-order chi connectivity index (χ1) is 14.0. The van der Waals surface area contributed by atoms with E-state index >= 15 is 0 Å². The molecule has 3 aromatic heterocycles. The summed E-state index contributed by atoms with van der Waals surface area (Å²) in [6.45, 7) is 2.09. The molecule has 2 fully saturated rings. The lowest BCUT2D eigenvalue weighted by molar-refractivity contribution is 0.454. The zero-order chi connectivity index (χ0) is 20.1. The van der Waals surface area contributed by atoms with Crippen LogP contribution in [0.3, 0.4) is 0 Å². The number of aromatic hydroxyl groups is 1. The summed E-state index contributed by atoms with van der Waals surface area (Å²) in [7, 11) is 0. The van der Waals surface area contributed by atoms with Crippen LogP contribution in [-0.4, -0.2) is 41.8 Å². The summed E-state index contributed by atoms with van der Waals surface area (Å²) >= 11 is 0. The molecule has 0 bridgehead atoms. The van der Waals surface area contributed by atoms with Gasteiger partial charge in [0.15, 0.2) is 17.0 Å². The summed E-state index contributed by atoms with van der Waals surface area (Å²) in [5.41, 5.74) is 1.09. The monoisotopic (exact) mass is 392 g/mol. The summed E-state index contributed by atoms with van der Waals surface area (Å²) in [5, 5.41) is 28.0. The topological polar surface area (TPSA) is 147 Å². The molecule has 148 valence electrons. The quantitative estimate of drug-likeness (QED) is 0.486. The van der Waals surface area contributed by atoms with Crippen molar-refractivity contribution in [2.24, 2.45) is 10.9 Å². The molecule has 0 saturated heterocycles. The molecular formula is C19H20N8O2. The molecule has 10 heteroatoms. The van der Waals surface area contributed by atoms with Crippen molar-refractivity contribution in [3.63, 3.8) is 0 Å². The molecule has 0 spiro atoms.